The van der Waals surface area contributed by atoms with E-state index in [0.29, 0.717) is 10.7 Å². The molecule has 3 nitrogen and oxygen atoms in total. The van der Waals surface area contributed by atoms with E-state index in [9.17, 15) is 9.18 Å². The standard InChI is InChI=1S/C13H9ClFIN2O/c14-8-1-4-10(5-2-8)17-13(19)18-12-6-3-9(16)7-11(12)15/h1-7H,(H2,17,18,19). The highest BCUT2D eigenvalue weighted by Gasteiger charge is 2.07. The number of anilines is 2. The summed E-state index contributed by atoms with van der Waals surface area (Å²) < 4.78 is 14.3. The molecule has 2 aromatic carbocycles. The molecule has 0 saturated heterocycles. The molecule has 2 N–H and O–H groups in total. The van der Waals surface area contributed by atoms with Crippen molar-refractivity contribution in [3.63, 3.8) is 0 Å². The molecule has 0 aromatic heterocycles. The first-order valence-corrected chi connectivity index (χ1v) is 6.79. The fourth-order valence-corrected chi connectivity index (χ4v) is 1.99. The molecule has 0 radical (unpaired) electrons. The zero-order valence-corrected chi connectivity index (χ0v) is 12.5. The molecule has 2 rings (SSSR count). The summed E-state index contributed by atoms with van der Waals surface area (Å²) >= 11 is 7.73. The van der Waals surface area contributed by atoms with Gasteiger partial charge in [-0.2, -0.15) is 0 Å². The van der Waals surface area contributed by atoms with Crippen LogP contribution in [-0.4, -0.2) is 6.03 Å². The highest BCUT2D eigenvalue weighted by molar-refractivity contribution is 14.1. The van der Waals surface area contributed by atoms with E-state index in [2.05, 4.69) is 10.6 Å². The molecule has 0 aliphatic carbocycles. The molecule has 2 aromatic rings. The minimum Gasteiger partial charge on any atom is -0.308 e. The topological polar surface area (TPSA) is 41.1 Å². The molecule has 0 unspecified atom stereocenters. The van der Waals surface area contributed by atoms with Crippen molar-refractivity contribution >= 4 is 51.6 Å². The predicted molar refractivity (Wildman–Crippen MR) is 83.2 cm³/mol. The molecule has 0 aliphatic heterocycles. The lowest BCUT2D eigenvalue weighted by molar-refractivity contribution is 0.262. The first kappa shape index (κ1) is 14.1. The third-order valence-electron chi connectivity index (χ3n) is 2.28. The number of carbonyl (C=O) groups excluding carboxylic acids is 1. The van der Waals surface area contributed by atoms with E-state index >= 15 is 0 Å². The van der Waals surface area contributed by atoms with Gasteiger partial charge in [0, 0.05) is 14.3 Å². The molecular weight excluding hydrogens is 382 g/mol. The van der Waals surface area contributed by atoms with Crippen LogP contribution in [0.15, 0.2) is 42.5 Å². The van der Waals surface area contributed by atoms with E-state index < -0.39 is 11.8 Å². The molecule has 0 spiro atoms. The van der Waals surface area contributed by atoms with E-state index in [1.165, 1.54) is 12.1 Å². The third kappa shape index (κ3) is 4.07. The average molecular weight is 391 g/mol. The van der Waals surface area contributed by atoms with E-state index in [1.807, 2.05) is 22.6 Å². The Hall–Kier alpha value is -1.34. The van der Waals surface area contributed by atoms with Crippen LogP contribution in [0.2, 0.25) is 5.02 Å². The minimum atomic E-state index is -0.512. The zero-order chi connectivity index (χ0) is 13.8. The predicted octanol–water partition coefficient (Wildman–Crippen LogP) is 4.73. The van der Waals surface area contributed by atoms with Gasteiger partial charge in [0.1, 0.15) is 5.82 Å². The summed E-state index contributed by atoms with van der Waals surface area (Å²) in [6.07, 6.45) is 0. The van der Waals surface area contributed by atoms with Crippen molar-refractivity contribution in [3.05, 3.63) is 56.9 Å². The Bertz CT molecular complexity index is 604. The van der Waals surface area contributed by atoms with Crippen LogP contribution in [-0.2, 0) is 0 Å². The smallest absolute Gasteiger partial charge is 0.308 e. The van der Waals surface area contributed by atoms with Gasteiger partial charge in [0.2, 0.25) is 0 Å². The monoisotopic (exact) mass is 390 g/mol. The maximum absolute atomic E-state index is 13.5. The molecule has 0 bridgehead atoms. The van der Waals surface area contributed by atoms with Crippen LogP contribution in [0.4, 0.5) is 20.6 Å². The number of carbonyl (C=O) groups is 1. The molecule has 6 heteroatoms. The van der Waals surface area contributed by atoms with Gasteiger partial charge < -0.3 is 10.6 Å². The van der Waals surface area contributed by atoms with E-state index in [0.717, 1.165) is 3.57 Å². The fourth-order valence-electron chi connectivity index (χ4n) is 1.41. The van der Waals surface area contributed by atoms with Gasteiger partial charge in [-0.1, -0.05) is 11.6 Å². The van der Waals surface area contributed by atoms with Crippen LogP contribution in [0.3, 0.4) is 0 Å². The normalized spacial score (nSPS) is 10.1. The van der Waals surface area contributed by atoms with E-state index in [-0.39, 0.29) is 5.69 Å². The zero-order valence-electron chi connectivity index (χ0n) is 9.58. The van der Waals surface area contributed by atoms with Gasteiger partial charge in [0.15, 0.2) is 0 Å². The lowest BCUT2D eigenvalue weighted by Gasteiger charge is -2.08. The number of rotatable bonds is 2. The molecule has 0 atom stereocenters. The Labute approximate surface area is 128 Å². The lowest BCUT2D eigenvalue weighted by Crippen LogP contribution is -2.20. The Kier molecular flexibility index (Phi) is 4.60. The number of halogens is 3. The van der Waals surface area contributed by atoms with E-state index in [1.54, 1.807) is 30.3 Å². The summed E-state index contributed by atoms with van der Waals surface area (Å²) in [5.41, 5.74) is 0.708. The summed E-state index contributed by atoms with van der Waals surface area (Å²) in [5, 5.41) is 5.60. The molecule has 2 amide bonds. The second-order valence-corrected chi connectivity index (χ2v) is 5.39. The highest BCUT2D eigenvalue weighted by Crippen LogP contribution is 2.18. The Morgan fingerprint density at radius 2 is 1.79 bits per heavy atom. The summed E-state index contributed by atoms with van der Waals surface area (Å²) in [4.78, 5) is 11.7. The fraction of sp³-hybridized carbons (Fsp3) is 0. The van der Waals surface area contributed by atoms with Crippen LogP contribution in [0, 0.1) is 9.39 Å². The molecule has 0 fully saturated rings. The third-order valence-corrected chi connectivity index (χ3v) is 3.20. The quantitative estimate of drug-likeness (QED) is 0.715. The molecular formula is C13H9ClFIN2O. The van der Waals surface area contributed by atoms with E-state index in [4.69, 9.17) is 11.6 Å². The lowest BCUT2D eigenvalue weighted by atomic mass is 10.3. The van der Waals surface area contributed by atoms with Gasteiger partial charge in [-0.05, 0) is 65.1 Å². The van der Waals surface area contributed by atoms with Gasteiger partial charge in [0.25, 0.3) is 0 Å². The van der Waals surface area contributed by atoms with Crippen LogP contribution >= 0.6 is 34.2 Å². The number of nitrogens with one attached hydrogen (secondary N) is 2. The Balaban J connectivity index is 2.03. The molecule has 0 aliphatic rings. The second kappa shape index (κ2) is 6.21. The molecule has 0 heterocycles. The maximum atomic E-state index is 13.5. The van der Waals surface area contributed by atoms with Crippen LogP contribution in [0.25, 0.3) is 0 Å². The van der Waals surface area contributed by atoms with Gasteiger partial charge in [-0.15, -0.1) is 0 Å². The van der Waals surface area contributed by atoms with Gasteiger partial charge in [-0.3, -0.25) is 0 Å². The van der Waals surface area contributed by atoms with Crippen molar-refractivity contribution < 1.29 is 9.18 Å². The van der Waals surface area contributed by atoms with Crippen molar-refractivity contribution in [2.45, 2.75) is 0 Å². The van der Waals surface area contributed by atoms with Crippen molar-refractivity contribution in [1.82, 2.24) is 0 Å². The van der Waals surface area contributed by atoms with Crippen LogP contribution in [0.1, 0.15) is 0 Å². The van der Waals surface area contributed by atoms with Crippen molar-refractivity contribution in [2.75, 3.05) is 10.6 Å². The summed E-state index contributed by atoms with van der Waals surface area (Å²) in [5.74, 6) is -0.474. The number of urea groups is 1. The van der Waals surface area contributed by atoms with Gasteiger partial charge in [-0.25, -0.2) is 9.18 Å². The molecule has 0 saturated carbocycles. The average Bonchev–Trinajstić information content (AvgIpc) is 2.36. The van der Waals surface area contributed by atoms with Gasteiger partial charge >= 0.3 is 6.03 Å². The Morgan fingerprint density at radius 1 is 1.11 bits per heavy atom. The number of hydrogen-bond donors (Lipinski definition) is 2. The van der Waals surface area contributed by atoms with Gasteiger partial charge in [0.05, 0.1) is 5.69 Å². The van der Waals surface area contributed by atoms with Crippen molar-refractivity contribution in [2.24, 2.45) is 0 Å². The molecule has 98 valence electrons. The molecule has 19 heavy (non-hydrogen) atoms. The largest absolute Gasteiger partial charge is 0.323 e. The summed E-state index contributed by atoms with van der Waals surface area (Å²) in [6.45, 7) is 0. The summed E-state index contributed by atoms with van der Waals surface area (Å²) in [7, 11) is 0. The SMILES string of the molecule is O=C(Nc1ccc(Cl)cc1)Nc1ccc(I)cc1F. The maximum Gasteiger partial charge on any atom is 0.323 e. The van der Waals surface area contributed by atoms with Crippen LogP contribution in [0.5, 0.6) is 0 Å². The number of benzene rings is 2. The first-order chi connectivity index (χ1) is 9.04. The highest BCUT2D eigenvalue weighted by atomic mass is 127. The number of hydrogen-bond acceptors (Lipinski definition) is 1. The minimum absolute atomic E-state index is 0.131. The van der Waals surface area contributed by atoms with Crippen molar-refractivity contribution in [3.8, 4) is 0 Å². The first-order valence-electron chi connectivity index (χ1n) is 5.33. The Morgan fingerprint density at radius 3 is 2.42 bits per heavy atom. The summed E-state index contributed by atoms with van der Waals surface area (Å²) in [6, 6.07) is 10.7. The second-order valence-electron chi connectivity index (χ2n) is 3.71. The number of amides is 2. The van der Waals surface area contributed by atoms with Crippen LogP contribution < -0.4 is 10.6 Å². The van der Waals surface area contributed by atoms with Crippen molar-refractivity contribution in [1.29, 1.82) is 0 Å².